The average Bonchev–Trinajstić information content (AvgIpc) is 2.90. The van der Waals surface area contributed by atoms with Gasteiger partial charge in [0.25, 0.3) is 5.92 Å². The minimum absolute atomic E-state index is 0.0711. The van der Waals surface area contributed by atoms with Crippen molar-refractivity contribution in [3.8, 4) is 0 Å². The van der Waals surface area contributed by atoms with E-state index < -0.39 is 43.6 Å². The van der Waals surface area contributed by atoms with Crippen molar-refractivity contribution in [2.24, 2.45) is 5.92 Å². The van der Waals surface area contributed by atoms with Gasteiger partial charge in [0.2, 0.25) is 5.91 Å². The smallest absolute Gasteiger partial charge is 0.354 e. The number of hydrogen-bond acceptors (Lipinski definition) is 3. The molecule has 2 atom stereocenters. The Bertz CT molecular complexity index is 388. The van der Waals surface area contributed by atoms with Gasteiger partial charge in [-0.2, -0.15) is 13.2 Å². The van der Waals surface area contributed by atoms with Crippen LogP contribution in [0.1, 0.15) is 12.8 Å². The first-order chi connectivity index (χ1) is 9.65. The number of halogens is 5. The first-order valence-electron chi connectivity index (χ1n) is 6.83. The Morgan fingerprint density at radius 2 is 2.10 bits per heavy atom. The monoisotopic (exact) mass is 315 g/mol. The Morgan fingerprint density at radius 1 is 1.38 bits per heavy atom. The fourth-order valence-electron chi connectivity index (χ4n) is 2.75. The van der Waals surface area contributed by atoms with Gasteiger partial charge in [-0.1, -0.05) is 0 Å². The van der Waals surface area contributed by atoms with Gasteiger partial charge in [-0.05, 0) is 18.9 Å². The van der Waals surface area contributed by atoms with Crippen LogP contribution in [-0.4, -0.2) is 61.7 Å². The summed E-state index contributed by atoms with van der Waals surface area (Å²) in [6.45, 7) is -0.660. The Labute approximate surface area is 119 Å². The second kappa shape index (κ2) is 6.04. The lowest BCUT2D eigenvalue weighted by Gasteiger charge is -2.18. The zero-order valence-electron chi connectivity index (χ0n) is 11.3. The van der Waals surface area contributed by atoms with Gasteiger partial charge in [0.15, 0.2) is 0 Å². The Balaban J connectivity index is 1.69. The highest BCUT2D eigenvalue weighted by Crippen LogP contribution is 2.25. The first-order valence-corrected chi connectivity index (χ1v) is 6.83. The maximum atomic E-state index is 12.9. The molecular formula is C12H18F5N3O. The third kappa shape index (κ3) is 5.06. The van der Waals surface area contributed by atoms with Crippen LogP contribution in [0.5, 0.6) is 0 Å². The Kier molecular flexibility index (Phi) is 4.72. The Morgan fingerprint density at radius 3 is 2.67 bits per heavy atom. The minimum atomic E-state index is -4.22. The van der Waals surface area contributed by atoms with Crippen LogP contribution < -0.4 is 10.6 Å². The summed E-state index contributed by atoms with van der Waals surface area (Å²) in [4.78, 5) is 13.0. The molecule has 0 spiro atoms. The molecule has 4 nitrogen and oxygen atoms in total. The van der Waals surface area contributed by atoms with Gasteiger partial charge in [0.05, 0.1) is 19.1 Å². The fourth-order valence-corrected chi connectivity index (χ4v) is 2.75. The van der Waals surface area contributed by atoms with Gasteiger partial charge in [-0.3, -0.25) is 15.0 Å². The van der Waals surface area contributed by atoms with Crippen LogP contribution in [0.4, 0.5) is 22.0 Å². The largest absolute Gasteiger partial charge is 0.401 e. The molecule has 0 bridgehead atoms. The number of alkyl halides is 5. The summed E-state index contributed by atoms with van der Waals surface area (Å²) < 4.78 is 62.6. The van der Waals surface area contributed by atoms with Crippen LogP contribution in [0.3, 0.4) is 0 Å². The topological polar surface area (TPSA) is 44.4 Å². The molecule has 2 heterocycles. The number of nitrogens with zero attached hydrogens (tertiary/aromatic N) is 1. The number of hydrogen-bond donors (Lipinski definition) is 2. The summed E-state index contributed by atoms with van der Waals surface area (Å²) in [5, 5.41) is 4.99. The van der Waals surface area contributed by atoms with Crippen molar-refractivity contribution in [3.05, 3.63) is 0 Å². The molecule has 122 valence electrons. The lowest BCUT2D eigenvalue weighted by atomic mass is 10.1. The Hall–Kier alpha value is -0.960. The number of carbonyl (C=O) groups excluding carboxylic acids is 1. The van der Waals surface area contributed by atoms with Crippen molar-refractivity contribution in [1.29, 1.82) is 0 Å². The lowest BCUT2D eigenvalue weighted by Crippen LogP contribution is -2.42. The molecule has 21 heavy (non-hydrogen) atoms. The third-order valence-corrected chi connectivity index (χ3v) is 3.76. The van der Waals surface area contributed by atoms with Crippen molar-refractivity contribution < 1.29 is 26.7 Å². The minimum Gasteiger partial charge on any atom is -0.354 e. The van der Waals surface area contributed by atoms with E-state index in [4.69, 9.17) is 0 Å². The summed E-state index contributed by atoms with van der Waals surface area (Å²) in [5.41, 5.74) is 0. The van der Waals surface area contributed by atoms with E-state index in [-0.39, 0.29) is 19.0 Å². The van der Waals surface area contributed by atoms with Crippen molar-refractivity contribution in [1.82, 2.24) is 15.5 Å². The van der Waals surface area contributed by atoms with Gasteiger partial charge >= 0.3 is 6.18 Å². The summed E-state index contributed by atoms with van der Waals surface area (Å²) in [6.07, 6.45) is -4.20. The molecule has 2 aliphatic rings. The van der Waals surface area contributed by atoms with Crippen LogP contribution in [-0.2, 0) is 4.79 Å². The highest BCUT2D eigenvalue weighted by atomic mass is 19.4. The zero-order chi connectivity index (χ0) is 15.7. The van der Waals surface area contributed by atoms with Gasteiger partial charge in [-0.15, -0.1) is 0 Å². The third-order valence-electron chi connectivity index (χ3n) is 3.76. The predicted octanol–water partition coefficient (Wildman–Crippen LogP) is 0.984. The molecule has 0 aromatic carbocycles. The van der Waals surface area contributed by atoms with Gasteiger partial charge < -0.3 is 5.32 Å². The summed E-state index contributed by atoms with van der Waals surface area (Å²) in [6, 6.07) is -0.923. The second-order valence-corrected chi connectivity index (χ2v) is 5.74. The molecule has 9 heteroatoms. The fraction of sp³-hybridized carbons (Fsp3) is 0.917. The molecule has 0 saturated carbocycles. The maximum absolute atomic E-state index is 12.9. The van der Waals surface area contributed by atoms with Crippen LogP contribution in [0.2, 0.25) is 0 Å². The zero-order valence-corrected chi connectivity index (χ0v) is 11.3. The van der Waals surface area contributed by atoms with Gasteiger partial charge in [0.1, 0.15) is 0 Å². The number of carbonyl (C=O) groups is 1. The number of likely N-dealkylation sites (tertiary alicyclic amines) is 1. The quantitative estimate of drug-likeness (QED) is 0.760. The standard InChI is InChI=1S/C12H18F5N3O/c13-11(14)3-9(19-6-11)10(21)18-4-8-1-2-20(5-8)7-12(15,16)17/h8-9,19H,1-7H2,(H,18,21). The van der Waals surface area contributed by atoms with E-state index in [1.807, 2.05) is 0 Å². The van der Waals surface area contributed by atoms with E-state index in [0.29, 0.717) is 13.0 Å². The van der Waals surface area contributed by atoms with E-state index in [0.717, 1.165) is 0 Å². The summed E-state index contributed by atoms with van der Waals surface area (Å²) in [5.74, 6) is -3.46. The average molecular weight is 315 g/mol. The molecular weight excluding hydrogens is 297 g/mol. The van der Waals surface area contributed by atoms with E-state index in [1.165, 1.54) is 4.90 Å². The van der Waals surface area contributed by atoms with Crippen molar-refractivity contribution >= 4 is 5.91 Å². The molecule has 0 aromatic heterocycles. The van der Waals surface area contributed by atoms with Crippen molar-refractivity contribution in [3.63, 3.8) is 0 Å². The summed E-state index contributed by atoms with van der Waals surface area (Å²) in [7, 11) is 0. The molecule has 2 saturated heterocycles. The van der Waals surface area contributed by atoms with E-state index in [1.54, 1.807) is 0 Å². The molecule has 2 rings (SSSR count). The van der Waals surface area contributed by atoms with Crippen molar-refractivity contribution in [2.45, 2.75) is 31.0 Å². The molecule has 1 amide bonds. The van der Waals surface area contributed by atoms with Gasteiger partial charge in [-0.25, -0.2) is 8.78 Å². The number of amides is 1. The van der Waals surface area contributed by atoms with E-state index >= 15 is 0 Å². The van der Waals surface area contributed by atoms with E-state index in [2.05, 4.69) is 10.6 Å². The number of nitrogens with one attached hydrogen (secondary N) is 2. The van der Waals surface area contributed by atoms with E-state index in [9.17, 15) is 26.7 Å². The number of rotatable bonds is 4. The van der Waals surface area contributed by atoms with Crippen LogP contribution >= 0.6 is 0 Å². The van der Waals surface area contributed by atoms with Crippen LogP contribution in [0.15, 0.2) is 0 Å². The van der Waals surface area contributed by atoms with Crippen LogP contribution in [0, 0.1) is 5.92 Å². The highest BCUT2D eigenvalue weighted by Gasteiger charge is 2.42. The molecule has 0 aliphatic carbocycles. The van der Waals surface area contributed by atoms with Gasteiger partial charge in [0, 0.05) is 19.5 Å². The molecule has 0 radical (unpaired) electrons. The molecule has 2 unspecified atom stereocenters. The second-order valence-electron chi connectivity index (χ2n) is 5.74. The van der Waals surface area contributed by atoms with Crippen LogP contribution in [0.25, 0.3) is 0 Å². The SMILES string of the molecule is O=C(NCC1CCN(CC(F)(F)F)C1)C1CC(F)(F)CN1. The molecule has 2 fully saturated rings. The molecule has 2 N–H and O–H groups in total. The van der Waals surface area contributed by atoms with Crippen molar-refractivity contribution in [2.75, 3.05) is 32.7 Å². The molecule has 2 aliphatic heterocycles. The predicted molar refractivity (Wildman–Crippen MR) is 65.0 cm³/mol. The normalized spacial score (nSPS) is 29.8. The lowest BCUT2D eigenvalue weighted by molar-refractivity contribution is -0.143. The molecule has 0 aromatic rings. The first kappa shape index (κ1) is 16.4. The maximum Gasteiger partial charge on any atom is 0.401 e. The summed E-state index contributed by atoms with van der Waals surface area (Å²) >= 11 is 0. The highest BCUT2D eigenvalue weighted by molar-refractivity contribution is 5.82.